The van der Waals surface area contributed by atoms with Crippen molar-refractivity contribution in [3.05, 3.63) is 88.7 Å². The average Bonchev–Trinajstić information content (AvgIpc) is 3.50. The van der Waals surface area contributed by atoms with Gasteiger partial charge in [-0.2, -0.15) is 4.98 Å². The van der Waals surface area contributed by atoms with Gasteiger partial charge in [0.25, 0.3) is 0 Å². The van der Waals surface area contributed by atoms with Crippen molar-refractivity contribution in [2.45, 2.75) is 33.1 Å². The van der Waals surface area contributed by atoms with Crippen molar-refractivity contribution >= 4 is 0 Å². The summed E-state index contributed by atoms with van der Waals surface area (Å²) in [4.78, 5) is 9.01. The summed E-state index contributed by atoms with van der Waals surface area (Å²) in [6, 6.07) is 12.9. The maximum absolute atomic E-state index is 13.6. The first-order valence-corrected chi connectivity index (χ1v) is 10.7. The topological polar surface area (TPSA) is 87.4 Å². The molecule has 6 rings (SSSR count). The molecule has 0 fully saturated rings. The van der Waals surface area contributed by atoms with E-state index in [4.69, 9.17) is 4.52 Å². The van der Waals surface area contributed by atoms with Gasteiger partial charge in [-0.1, -0.05) is 28.6 Å². The molecule has 33 heavy (non-hydrogen) atoms. The van der Waals surface area contributed by atoms with Crippen LogP contribution in [0.25, 0.3) is 22.9 Å². The van der Waals surface area contributed by atoms with Gasteiger partial charge in [-0.05, 0) is 55.2 Å². The molecule has 0 radical (unpaired) electrons. The summed E-state index contributed by atoms with van der Waals surface area (Å²) in [5.41, 5.74) is 7.38. The molecular formula is C24H20FN7O. The fourth-order valence-electron chi connectivity index (χ4n) is 4.35. The number of hydrogen-bond acceptors (Lipinski definition) is 6. The molecule has 2 aromatic carbocycles. The quantitative estimate of drug-likeness (QED) is 0.412. The second-order valence-corrected chi connectivity index (χ2v) is 8.24. The van der Waals surface area contributed by atoms with E-state index >= 15 is 0 Å². The van der Waals surface area contributed by atoms with Crippen molar-refractivity contribution in [3.8, 4) is 22.9 Å². The number of aromatic nitrogens is 7. The summed E-state index contributed by atoms with van der Waals surface area (Å²) in [6.07, 6.45) is 3.64. The predicted molar refractivity (Wildman–Crippen MR) is 118 cm³/mol. The molecule has 1 aliphatic rings. The van der Waals surface area contributed by atoms with Crippen molar-refractivity contribution in [2.24, 2.45) is 0 Å². The molecule has 8 nitrogen and oxygen atoms in total. The fraction of sp³-hybridized carbons (Fsp3) is 0.208. The monoisotopic (exact) mass is 441 g/mol. The standard InChI is InChI=1S/C24H20FN7O/c1-14-6-9-19-21(10-14)32-20(18(28-30-32)8-7-16-4-3-5-17(25)11-16)12-22-23(26-13-31(19)22)24-27-15(2)33-29-24/h3-6,9-11,13H,7-8,12H2,1-2H3. The van der Waals surface area contributed by atoms with Crippen LogP contribution in [-0.2, 0) is 19.3 Å². The van der Waals surface area contributed by atoms with E-state index in [1.54, 1.807) is 25.4 Å². The van der Waals surface area contributed by atoms with Crippen molar-refractivity contribution in [2.75, 3.05) is 0 Å². The van der Waals surface area contributed by atoms with Crippen LogP contribution in [0.2, 0.25) is 0 Å². The second-order valence-electron chi connectivity index (χ2n) is 8.24. The Morgan fingerprint density at radius 1 is 1.03 bits per heavy atom. The van der Waals surface area contributed by atoms with Crippen LogP contribution in [0.3, 0.4) is 0 Å². The second kappa shape index (κ2) is 7.47. The van der Waals surface area contributed by atoms with Gasteiger partial charge in [0.05, 0.1) is 28.5 Å². The van der Waals surface area contributed by atoms with Crippen LogP contribution in [0.5, 0.6) is 0 Å². The molecule has 1 aliphatic heterocycles. The summed E-state index contributed by atoms with van der Waals surface area (Å²) in [7, 11) is 0. The minimum atomic E-state index is -0.234. The average molecular weight is 441 g/mol. The lowest BCUT2D eigenvalue weighted by molar-refractivity contribution is 0.394. The smallest absolute Gasteiger partial charge is 0.223 e. The van der Waals surface area contributed by atoms with E-state index < -0.39 is 0 Å². The highest BCUT2D eigenvalue weighted by molar-refractivity contribution is 5.62. The SMILES string of the molecule is Cc1ccc2c(c1)-n1nnc(CCc3cccc(F)c3)c1Cc1c(-c3noc(C)n3)ncn1-2. The summed E-state index contributed by atoms with van der Waals surface area (Å²) < 4.78 is 22.8. The van der Waals surface area contributed by atoms with Crippen molar-refractivity contribution in [1.29, 1.82) is 0 Å². The lowest BCUT2D eigenvalue weighted by Gasteiger charge is -2.10. The van der Waals surface area contributed by atoms with Gasteiger partial charge in [-0.15, -0.1) is 5.10 Å². The maximum atomic E-state index is 13.6. The Balaban J connectivity index is 1.47. The zero-order chi connectivity index (χ0) is 22.5. The highest BCUT2D eigenvalue weighted by atomic mass is 19.1. The molecule has 0 bridgehead atoms. The lowest BCUT2D eigenvalue weighted by atomic mass is 10.0. The molecular weight excluding hydrogens is 421 g/mol. The van der Waals surface area contributed by atoms with E-state index in [1.165, 1.54) is 6.07 Å². The molecule has 3 aromatic heterocycles. The van der Waals surface area contributed by atoms with Gasteiger partial charge in [0.2, 0.25) is 11.7 Å². The molecule has 5 aromatic rings. The molecule has 0 unspecified atom stereocenters. The van der Waals surface area contributed by atoms with Gasteiger partial charge in [-0.25, -0.2) is 14.1 Å². The van der Waals surface area contributed by atoms with Crippen LogP contribution in [0.4, 0.5) is 4.39 Å². The molecule has 0 saturated heterocycles. The van der Waals surface area contributed by atoms with Crippen LogP contribution in [0, 0.1) is 19.7 Å². The zero-order valence-electron chi connectivity index (χ0n) is 18.2. The van der Waals surface area contributed by atoms with Crippen LogP contribution in [0.15, 0.2) is 53.3 Å². The Labute approximate surface area is 188 Å². The van der Waals surface area contributed by atoms with Gasteiger partial charge in [-0.3, -0.25) is 4.57 Å². The number of nitrogens with zero attached hydrogens (tertiary/aromatic N) is 7. The van der Waals surface area contributed by atoms with Crippen LogP contribution in [0.1, 0.15) is 34.1 Å². The summed E-state index contributed by atoms with van der Waals surface area (Å²) in [6.45, 7) is 3.81. The lowest BCUT2D eigenvalue weighted by Crippen LogP contribution is -2.05. The third-order valence-electron chi connectivity index (χ3n) is 5.94. The van der Waals surface area contributed by atoms with E-state index in [1.807, 2.05) is 10.7 Å². The van der Waals surface area contributed by atoms with Gasteiger partial charge in [0.1, 0.15) is 17.8 Å². The minimum absolute atomic E-state index is 0.234. The molecule has 164 valence electrons. The third kappa shape index (κ3) is 3.32. The van der Waals surface area contributed by atoms with Crippen LogP contribution in [-0.4, -0.2) is 34.7 Å². The van der Waals surface area contributed by atoms with E-state index in [2.05, 4.69) is 55.1 Å². The van der Waals surface area contributed by atoms with E-state index in [-0.39, 0.29) is 5.82 Å². The van der Waals surface area contributed by atoms with E-state index in [0.29, 0.717) is 36.7 Å². The molecule has 0 amide bonds. The fourth-order valence-corrected chi connectivity index (χ4v) is 4.35. The Hall–Kier alpha value is -4.14. The van der Waals surface area contributed by atoms with Gasteiger partial charge in [0, 0.05) is 13.3 Å². The first-order chi connectivity index (χ1) is 16.1. The number of aryl methyl sites for hydroxylation is 4. The van der Waals surface area contributed by atoms with E-state index in [9.17, 15) is 4.39 Å². The Morgan fingerprint density at radius 2 is 1.94 bits per heavy atom. The summed E-state index contributed by atoms with van der Waals surface area (Å²) in [5.74, 6) is 0.707. The number of rotatable bonds is 4. The third-order valence-corrected chi connectivity index (χ3v) is 5.94. The van der Waals surface area contributed by atoms with Crippen molar-refractivity contribution < 1.29 is 8.91 Å². The molecule has 9 heteroatoms. The molecule has 0 aliphatic carbocycles. The van der Waals surface area contributed by atoms with Crippen LogP contribution >= 0.6 is 0 Å². The summed E-state index contributed by atoms with van der Waals surface area (Å²) >= 11 is 0. The Kier molecular flexibility index (Phi) is 4.42. The predicted octanol–water partition coefficient (Wildman–Crippen LogP) is 3.95. The number of fused-ring (bicyclic) bond motifs is 5. The summed E-state index contributed by atoms with van der Waals surface area (Å²) in [5, 5.41) is 13.1. The van der Waals surface area contributed by atoms with Crippen LogP contribution < -0.4 is 0 Å². The largest absolute Gasteiger partial charge is 0.339 e. The molecule has 4 heterocycles. The Morgan fingerprint density at radius 3 is 2.76 bits per heavy atom. The maximum Gasteiger partial charge on any atom is 0.223 e. The highest BCUT2D eigenvalue weighted by Crippen LogP contribution is 2.33. The first kappa shape index (κ1) is 19.5. The molecule has 0 saturated carbocycles. The van der Waals surface area contributed by atoms with E-state index in [0.717, 1.165) is 39.6 Å². The minimum Gasteiger partial charge on any atom is -0.339 e. The number of halogens is 1. The highest BCUT2D eigenvalue weighted by Gasteiger charge is 2.28. The Bertz CT molecular complexity index is 1500. The number of imidazole rings is 1. The van der Waals surface area contributed by atoms with Crippen molar-refractivity contribution in [1.82, 2.24) is 34.7 Å². The molecule has 0 atom stereocenters. The van der Waals surface area contributed by atoms with Gasteiger partial charge >= 0.3 is 0 Å². The first-order valence-electron chi connectivity index (χ1n) is 10.7. The normalized spacial score (nSPS) is 12.2. The van der Waals surface area contributed by atoms with Gasteiger partial charge < -0.3 is 4.52 Å². The van der Waals surface area contributed by atoms with Crippen molar-refractivity contribution in [3.63, 3.8) is 0 Å². The van der Waals surface area contributed by atoms with Gasteiger partial charge in [0.15, 0.2) is 0 Å². The number of benzene rings is 2. The zero-order valence-corrected chi connectivity index (χ0v) is 18.2. The number of hydrogen-bond donors (Lipinski definition) is 0. The molecule has 0 spiro atoms. The molecule has 0 N–H and O–H groups in total.